The Morgan fingerprint density at radius 2 is 1.87 bits per heavy atom. The lowest BCUT2D eigenvalue weighted by Crippen LogP contribution is -2.36. The van der Waals surface area contributed by atoms with E-state index in [0.717, 1.165) is 16.8 Å². The molecule has 0 amide bonds. The molecule has 0 radical (unpaired) electrons. The summed E-state index contributed by atoms with van der Waals surface area (Å²) in [6.07, 6.45) is 2.51. The molecule has 5 nitrogen and oxygen atoms in total. The van der Waals surface area contributed by atoms with Gasteiger partial charge in [0.1, 0.15) is 0 Å². The number of rotatable bonds is 7. The minimum absolute atomic E-state index is 0.0438. The molecular formula is C24H26ClN3O2. The molecule has 0 bridgehead atoms. The second-order valence-corrected chi connectivity index (χ2v) is 8.31. The fourth-order valence-corrected chi connectivity index (χ4v) is 4.57. The maximum absolute atomic E-state index is 10.5. The van der Waals surface area contributed by atoms with E-state index in [4.69, 9.17) is 16.6 Å². The molecule has 0 spiro atoms. The van der Waals surface area contributed by atoms with Gasteiger partial charge in [-0.25, -0.2) is 9.97 Å². The maximum atomic E-state index is 10.5. The van der Waals surface area contributed by atoms with E-state index in [1.54, 1.807) is 6.20 Å². The van der Waals surface area contributed by atoms with Gasteiger partial charge in [-0.15, -0.1) is 0 Å². The third-order valence-electron chi connectivity index (χ3n) is 5.91. The summed E-state index contributed by atoms with van der Waals surface area (Å²) in [6, 6.07) is 19.6. The standard InChI is InChI=1S/C24H26ClN3O2/c25-18-8-4-5-16(11-18)14-27-22-13-23(30)21(15-29)20(22)12-19-9-10-26-24(28-19)17-6-2-1-3-7-17/h1-11,20-23,27,29-30H,12-15H2. The van der Waals surface area contributed by atoms with Crippen LogP contribution in [0.1, 0.15) is 17.7 Å². The van der Waals surface area contributed by atoms with Crippen molar-refractivity contribution in [2.75, 3.05) is 6.61 Å². The van der Waals surface area contributed by atoms with Crippen molar-refractivity contribution in [2.45, 2.75) is 31.5 Å². The lowest BCUT2D eigenvalue weighted by atomic mass is 9.88. The largest absolute Gasteiger partial charge is 0.396 e. The Morgan fingerprint density at radius 1 is 1.03 bits per heavy atom. The monoisotopic (exact) mass is 423 g/mol. The van der Waals surface area contributed by atoms with Crippen LogP contribution < -0.4 is 5.32 Å². The first-order chi connectivity index (χ1) is 14.6. The maximum Gasteiger partial charge on any atom is 0.159 e. The van der Waals surface area contributed by atoms with Crippen molar-refractivity contribution in [3.05, 3.63) is 83.1 Å². The topological polar surface area (TPSA) is 78.3 Å². The number of hydrogen-bond donors (Lipinski definition) is 3. The molecule has 1 heterocycles. The van der Waals surface area contributed by atoms with Crippen molar-refractivity contribution < 1.29 is 10.2 Å². The Morgan fingerprint density at radius 3 is 2.63 bits per heavy atom. The van der Waals surface area contributed by atoms with Crippen LogP contribution in [0.2, 0.25) is 5.02 Å². The van der Waals surface area contributed by atoms with Crippen molar-refractivity contribution in [1.82, 2.24) is 15.3 Å². The molecule has 4 unspecified atom stereocenters. The summed E-state index contributed by atoms with van der Waals surface area (Å²) >= 11 is 6.10. The second-order valence-electron chi connectivity index (χ2n) is 7.87. The SMILES string of the molecule is OCC1C(O)CC(NCc2cccc(Cl)c2)C1Cc1ccnc(-c2ccccc2)n1. The molecule has 1 aliphatic carbocycles. The van der Waals surface area contributed by atoms with Crippen molar-refractivity contribution in [1.29, 1.82) is 0 Å². The molecule has 3 N–H and O–H groups in total. The highest BCUT2D eigenvalue weighted by Crippen LogP contribution is 2.35. The van der Waals surface area contributed by atoms with E-state index in [9.17, 15) is 10.2 Å². The highest BCUT2D eigenvalue weighted by atomic mass is 35.5. The Kier molecular flexibility index (Phi) is 6.75. The number of halogens is 1. The van der Waals surface area contributed by atoms with Crippen LogP contribution in [-0.2, 0) is 13.0 Å². The fraction of sp³-hybridized carbons (Fsp3) is 0.333. The molecule has 30 heavy (non-hydrogen) atoms. The Labute approximate surface area is 181 Å². The van der Waals surface area contributed by atoms with E-state index in [2.05, 4.69) is 10.3 Å². The molecule has 4 rings (SSSR count). The number of hydrogen-bond acceptors (Lipinski definition) is 5. The molecule has 0 aliphatic heterocycles. The van der Waals surface area contributed by atoms with Crippen LogP contribution in [0.25, 0.3) is 11.4 Å². The summed E-state index contributed by atoms with van der Waals surface area (Å²) in [7, 11) is 0. The van der Waals surface area contributed by atoms with Gasteiger partial charge in [-0.2, -0.15) is 0 Å². The molecule has 2 aromatic carbocycles. The normalized spacial score (nSPS) is 23.6. The number of aromatic nitrogens is 2. The number of benzene rings is 2. The van der Waals surface area contributed by atoms with Gasteiger partial charge < -0.3 is 15.5 Å². The Bertz CT molecular complexity index is 969. The number of nitrogens with zero attached hydrogens (tertiary/aromatic N) is 2. The third-order valence-corrected chi connectivity index (χ3v) is 6.15. The van der Waals surface area contributed by atoms with Crippen molar-refractivity contribution in [2.24, 2.45) is 11.8 Å². The molecule has 6 heteroatoms. The van der Waals surface area contributed by atoms with Crippen LogP contribution in [0.4, 0.5) is 0 Å². The minimum Gasteiger partial charge on any atom is -0.396 e. The summed E-state index contributed by atoms with van der Waals surface area (Å²) in [4.78, 5) is 9.15. The molecule has 3 aromatic rings. The number of aliphatic hydroxyl groups is 2. The summed E-state index contributed by atoms with van der Waals surface area (Å²) in [5.74, 6) is 0.579. The van der Waals surface area contributed by atoms with Gasteiger partial charge in [-0.05, 0) is 42.5 Å². The lowest BCUT2D eigenvalue weighted by molar-refractivity contribution is 0.0716. The van der Waals surface area contributed by atoms with Crippen molar-refractivity contribution in [3.8, 4) is 11.4 Å². The third kappa shape index (κ3) is 4.87. The number of nitrogens with one attached hydrogen (secondary N) is 1. The van der Waals surface area contributed by atoms with Gasteiger partial charge in [-0.3, -0.25) is 0 Å². The van der Waals surface area contributed by atoms with E-state index in [1.807, 2.05) is 60.7 Å². The molecule has 1 fully saturated rings. The quantitative estimate of drug-likeness (QED) is 0.542. The highest BCUT2D eigenvalue weighted by molar-refractivity contribution is 6.30. The average Bonchev–Trinajstić information content (AvgIpc) is 3.07. The zero-order valence-electron chi connectivity index (χ0n) is 16.7. The second kappa shape index (κ2) is 9.67. The molecule has 0 saturated heterocycles. The van der Waals surface area contributed by atoms with E-state index >= 15 is 0 Å². The van der Waals surface area contributed by atoms with Gasteiger partial charge in [0.25, 0.3) is 0 Å². The van der Waals surface area contributed by atoms with Gasteiger partial charge in [0.2, 0.25) is 0 Å². The predicted molar refractivity (Wildman–Crippen MR) is 118 cm³/mol. The van der Waals surface area contributed by atoms with Gasteiger partial charge in [0.05, 0.1) is 6.10 Å². The van der Waals surface area contributed by atoms with Crippen molar-refractivity contribution >= 4 is 11.6 Å². The van der Waals surface area contributed by atoms with Gasteiger partial charge in [0, 0.05) is 47.6 Å². The van der Waals surface area contributed by atoms with Gasteiger partial charge in [-0.1, -0.05) is 54.1 Å². The van der Waals surface area contributed by atoms with E-state index in [1.165, 1.54) is 0 Å². The zero-order valence-corrected chi connectivity index (χ0v) is 17.4. The molecule has 156 valence electrons. The first-order valence-electron chi connectivity index (χ1n) is 10.3. The van der Waals surface area contributed by atoms with Crippen LogP contribution in [0.15, 0.2) is 66.9 Å². The molecular weight excluding hydrogens is 398 g/mol. The summed E-state index contributed by atoms with van der Waals surface area (Å²) < 4.78 is 0. The smallest absolute Gasteiger partial charge is 0.159 e. The lowest BCUT2D eigenvalue weighted by Gasteiger charge is -2.25. The predicted octanol–water partition coefficient (Wildman–Crippen LogP) is 3.49. The Hall–Kier alpha value is -2.31. The van der Waals surface area contributed by atoms with Crippen molar-refractivity contribution in [3.63, 3.8) is 0 Å². The van der Waals surface area contributed by atoms with E-state index < -0.39 is 6.10 Å². The first kappa shape index (κ1) is 20.9. The average molecular weight is 424 g/mol. The molecule has 1 saturated carbocycles. The van der Waals surface area contributed by atoms with Crippen LogP contribution in [-0.4, -0.2) is 38.9 Å². The summed E-state index contributed by atoms with van der Waals surface area (Å²) in [5, 5.41) is 24.7. The van der Waals surface area contributed by atoms with Crippen LogP contribution in [0, 0.1) is 11.8 Å². The Balaban J connectivity index is 1.51. The molecule has 4 atom stereocenters. The number of aliphatic hydroxyl groups excluding tert-OH is 2. The summed E-state index contributed by atoms with van der Waals surface area (Å²) in [5.41, 5.74) is 2.98. The van der Waals surface area contributed by atoms with E-state index in [-0.39, 0.29) is 24.5 Å². The van der Waals surface area contributed by atoms with Crippen LogP contribution in [0.3, 0.4) is 0 Å². The molecule has 1 aliphatic rings. The van der Waals surface area contributed by atoms with E-state index in [0.29, 0.717) is 30.2 Å². The highest BCUT2D eigenvalue weighted by Gasteiger charge is 2.42. The van der Waals surface area contributed by atoms with Crippen LogP contribution >= 0.6 is 11.6 Å². The fourth-order valence-electron chi connectivity index (χ4n) is 4.35. The first-order valence-corrected chi connectivity index (χ1v) is 10.7. The van der Waals surface area contributed by atoms with Gasteiger partial charge >= 0.3 is 0 Å². The van der Waals surface area contributed by atoms with Crippen LogP contribution in [0.5, 0.6) is 0 Å². The zero-order chi connectivity index (χ0) is 20.9. The minimum atomic E-state index is -0.535. The molecule has 1 aromatic heterocycles. The summed E-state index contributed by atoms with van der Waals surface area (Å²) in [6.45, 7) is 0.615. The van der Waals surface area contributed by atoms with Gasteiger partial charge in [0.15, 0.2) is 5.82 Å².